The Hall–Kier alpha value is -2.38. The second-order valence-electron chi connectivity index (χ2n) is 8.63. The maximum atomic E-state index is 10.5. The van der Waals surface area contributed by atoms with Crippen molar-refractivity contribution in [3.05, 3.63) is 70.9 Å². The van der Waals surface area contributed by atoms with Gasteiger partial charge in [-0.15, -0.1) is 0 Å². The summed E-state index contributed by atoms with van der Waals surface area (Å²) >= 11 is 6.27. The van der Waals surface area contributed by atoms with E-state index in [-0.39, 0.29) is 0 Å². The number of ether oxygens (including phenoxy) is 2. The lowest BCUT2D eigenvalue weighted by atomic mass is 10.2. The Balaban J connectivity index is 1.66. The predicted octanol–water partition coefficient (Wildman–Crippen LogP) is 5.24. The Bertz CT molecular complexity index is 1040. The molecule has 33 heavy (non-hydrogen) atoms. The second kappa shape index (κ2) is 11.2. The molecule has 1 heterocycles. The van der Waals surface area contributed by atoms with Crippen molar-refractivity contribution >= 4 is 11.6 Å². The molecular formula is C26H32ClN3O3. The summed E-state index contributed by atoms with van der Waals surface area (Å²) in [5, 5.41) is 16.0. The first-order chi connectivity index (χ1) is 16.0. The SMILES string of the molecule is CCOC[C@H](O)CN(Cc1c(C)nn(-c2cccc(Cl)c2)c1Oc1ccccc1)CC1CC1. The van der Waals surface area contributed by atoms with Crippen molar-refractivity contribution in [2.45, 2.75) is 39.3 Å². The monoisotopic (exact) mass is 469 g/mol. The number of benzene rings is 2. The van der Waals surface area contributed by atoms with Crippen LogP contribution in [0.4, 0.5) is 0 Å². The maximum Gasteiger partial charge on any atom is 0.227 e. The van der Waals surface area contributed by atoms with Crippen LogP contribution in [0.2, 0.25) is 5.02 Å². The fourth-order valence-electron chi connectivity index (χ4n) is 3.91. The molecule has 0 radical (unpaired) electrons. The molecule has 7 heteroatoms. The highest BCUT2D eigenvalue weighted by atomic mass is 35.5. The highest BCUT2D eigenvalue weighted by molar-refractivity contribution is 6.30. The van der Waals surface area contributed by atoms with E-state index in [1.165, 1.54) is 12.8 Å². The van der Waals surface area contributed by atoms with E-state index in [0.717, 1.165) is 29.2 Å². The van der Waals surface area contributed by atoms with Crippen molar-refractivity contribution in [2.75, 3.05) is 26.3 Å². The van der Waals surface area contributed by atoms with E-state index in [1.54, 1.807) is 0 Å². The van der Waals surface area contributed by atoms with Gasteiger partial charge in [0.05, 0.1) is 29.7 Å². The first kappa shape index (κ1) is 23.8. The molecule has 1 aliphatic carbocycles. The van der Waals surface area contributed by atoms with Crippen molar-refractivity contribution in [2.24, 2.45) is 5.92 Å². The number of aromatic nitrogens is 2. The normalized spacial score (nSPS) is 14.6. The predicted molar refractivity (Wildman–Crippen MR) is 130 cm³/mol. The standard InChI is InChI=1S/C26H32ClN3O3/c1-3-32-18-23(31)16-29(15-20-12-13-20)17-25-19(2)28-30(22-9-7-8-21(27)14-22)26(25)33-24-10-5-4-6-11-24/h4-11,14,20,23,31H,3,12-13,15-18H2,1-2H3/t23-/m1/s1. The zero-order valence-electron chi connectivity index (χ0n) is 19.3. The van der Waals surface area contributed by atoms with Crippen LogP contribution in [-0.2, 0) is 11.3 Å². The molecule has 1 saturated carbocycles. The summed E-state index contributed by atoms with van der Waals surface area (Å²) in [7, 11) is 0. The quantitative estimate of drug-likeness (QED) is 0.393. The number of aryl methyl sites for hydroxylation is 1. The maximum absolute atomic E-state index is 10.5. The molecule has 1 N–H and O–H groups in total. The van der Waals surface area contributed by atoms with Gasteiger partial charge >= 0.3 is 0 Å². The number of hydrogen-bond donors (Lipinski definition) is 1. The molecule has 1 atom stereocenters. The van der Waals surface area contributed by atoms with Crippen molar-refractivity contribution in [3.63, 3.8) is 0 Å². The molecule has 0 aliphatic heterocycles. The first-order valence-electron chi connectivity index (χ1n) is 11.6. The molecule has 1 fully saturated rings. The van der Waals surface area contributed by atoms with Crippen LogP contribution in [0.3, 0.4) is 0 Å². The second-order valence-corrected chi connectivity index (χ2v) is 9.06. The van der Waals surface area contributed by atoms with E-state index in [9.17, 15) is 5.11 Å². The Morgan fingerprint density at radius 1 is 1.18 bits per heavy atom. The molecule has 176 valence electrons. The summed E-state index contributed by atoms with van der Waals surface area (Å²) in [4.78, 5) is 2.30. The lowest BCUT2D eigenvalue weighted by molar-refractivity contribution is 0.0186. The minimum Gasteiger partial charge on any atom is -0.439 e. The molecule has 1 aromatic heterocycles. The molecule has 2 aromatic carbocycles. The zero-order valence-corrected chi connectivity index (χ0v) is 20.0. The molecule has 0 bridgehead atoms. The number of halogens is 1. The van der Waals surface area contributed by atoms with Gasteiger partial charge in [-0.05, 0) is 62.9 Å². The van der Waals surface area contributed by atoms with Gasteiger partial charge in [0.1, 0.15) is 5.75 Å². The largest absolute Gasteiger partial charge is 0.439 e. The molecule has 0 amide bonds. The van der Waals surface area contributed by atoms with E-state index in [2.05, 4.69) is 4.90 Å². The van der Waals surface area contributed by atoms with Crippen molar-refractivity contribution in [1.82, 2.24) is 14.7 Å². The minimum atomic E-state index is -0.537. The molecule has 6 nitrogen and oxygen atoms in total. The number of nitrogens with zero attached hydrogens (tertiary/aromatic N) is 3. The third-order valence-electron chi connectivity index (χ3n) is 5.73. The molecule has 0 saturated heterocycles. The Morgan fingerprint density at radius 2 is 1.97 bits per heavy atom. The number of para-hydroxylation sites is 1. The smallest absolute Gasteiger partial charge is 0.227 e. The van der Waals surface area contributed by atoms with Gasteiger partial charge in [-0.1, -0.05) is 35.9 Å². The average Bonchev–Trinajstić information content (AvgIpc) is 3.57. The average molecular weight is 470 g/mol. The lowest BCUT2D eigenvalue weighted by Crippen LogP contribution is -2.36. The van der Waals surface area contributed by atoms with Gasteiger partial charge in [-0.2, -0.15) is 5.10 Å². The van der Waals surface area contributed by atoms with Crippen LogP contribution in [0.5, 0.6) is 11.6 Å². The van der Waals surface area contributed by atoms with Gasteiger partial charge in [0, 0.05) is 31.3 Å². The Morgan fingerprint density at radius 3 is 2.67 bits per heavy atom. The van der Waals surface area contributed by atoms with E-state index >= 15 is 0 Å². The molecule has 0 unspecified atom stereocenters. The summed E-state index contributed by atoms with van der Waals surface area (Å²) in [6, 6.07) is 17.3. The van der Waals surface area contributed by atoms with Crippen molar-refractivity contribution < 1.29 is 14.6 Å². The van der Waals surface area contributed by atoms with Crippen LogP contribution in [0.25, 0.3) is 5.69 Å². The number of hydrogen-bond acceptors (Lipinski definition) is 5. The third kappa shape index (κ3) is 6.58. The van der Waals surface area contributed by atoms with E-state index in [4.69, 9.17) is 26.2 Å². The van der Waals surface area contributed by atoms with Gasteiger partial charge in [0.15, 0.2) is 0 Å². The van der Waals surface area contributed by atoms with Crippen LogP contribution >= 0.6 is 11.6 Å². The fraction of sp³-hybridized carbons (Fsp3) is 0.423. The van der Waals surface area contributed by atoms with Gasteiger partial charge in [-0.3, -0.25) is 4.90 Å². The van der Waals surface area contributed by atoms with Gasteiger partial charge in [0.25, 0.3) is 0 Å². The summed E-state index contributed by atoms with van der Waals surface area (Å²) in [5.41, 5.74) is 2.73. The minimum absolute atomic E-state index is 0.339. The van der Waals surface area contributed by atoms with E-state index in [0.29, 0.717) is 43.1 Å². The van der Waals surface area contributed by atoms with Crippen LogP contribution in [-0.4, -0.2) is 52.2 Å². The molecule has 3 aromatic rings. The summed E-state index contributed by atoms with van der Waals surface area (Å²) in [6.45, 7) is 6.99. The zero-order chi connectivity index (χ0) is 23.2. The lowest BCUT2D eigenvalue weighted by Gasteiger charge is -2.25. The number of aliphatic hydroxyl groups is 1. The number of rotatable bonds is 12. The summed E-state index contributed by atoms with van der Waals surface area (Å²) in [5.74, 6) is 2.10. The van der Waals surface area contributed by atoms with Crippen LogP contribution < -0.4 is 4.74 Å². The van der Waals surface area contributed by atoms with Gasteiger partial charge < -0.3 is 14.6 Å². The Kier molecular flexibility index (Phi) is 8.04. The third-order valence-corrected chi connectivity index (χ3v) is 5.96. The first-order valence-corrected chi connectivity index (χ1v) is 12.0. The fourth-order valence-corrected chi connectivity index (χ4v) is 4.09. The highest BCUT2D eigenvalue weighted by Crippen LogP contribution is 2.34. The molecule has 1 aliphatic rings. The van der Waals surface area contributed by atoms with Crippen molar-refractivity contribution in [1.29, 1.82) is 0 Å². The Labute approximate surface area is 200 Å². The molecule has 4 rings (SSSR count). The van der Waals surface area contributed by atoms with E-state index < -0.39 is 6.10 Å². The van der Waals surface area contributed by atoms with Crippen LogP contribution in [0.1, 0.15) is 31.0 Å². The van der Waals surface area contributed by atoms with Crippen LogP contribution in [0, 0.1) is 12.8 Å². The summed E-state index contributed by atoms with van der Waals surface area (Å²) in [6.07, 6.45) is 1.95. The van der Waals surface area contributed by atoms with Gasteiger partial charge in [-0.25, -0.2) is 4.68 Å². The van der Waals surface area contributed by atoms with Crippen LogP contribution in [0.15, 0.2) is 54.6 Å². The number of aliphatic hydroxyl groups excluding tert-OH is 1. The molecule has 0 spiro atoms. The highest BCUT2D eigenvalue weighted by Gasteiger charge is 2.28. The van der Waals surface area contributed by atoms with Crippen molar-refractivity contribution in [3.8, 4) is 17.3 Å². The molecular weight excluding hydrogens is 438 g/mol. The van der Waals surface area contributed by atoms with Gasteiger partial charge in [0.2, 0.25) is 5.88 Å². The summed E-state index contributed by atoms with van der Waals surface area (Å²) < 4.78 is 13.6. The van der Waals surface area contributed by atoms with E-state index in [1.807, 2.05) is 73.1 Å². The topological polar surface area (TPSA) is 59.8 Å².